The van der Waals surface area contributed by atoms with Crippen LogP contribution < -0.4 is 0 Å². The second-order valence-corrected chi connectivity index (χ2v) is 7.04. The van der Waals surface area contributed by atoms with Gasteiger partial charge in [0, 0.05) is 42.7 Å². The first-order valence-corrected chi connectivity index (χ1v) is 9.73. The molecule has 150 valence electrons. The van der Waals surface area contributed by atoms with Crippen molar-refractivity contribution in [3.05, 3.63) is 59.8 Å². The number of hydrogen-bond acceptors (Lipinski definition) is 6. The van der Waals surface area contributed by atoms with Crippen molar-refractivity contribution in [2.45, 2.75) is 19.6 Å². The lowest BCUT2D eigenvalue weighted by Crippen LogP contribution is -2.36. The fraction of sp³-hybridized carbons (Fsp3) is 0.364. The topological polar surface area (TPSA) is 76.6 Å². The largest absolute Gasteiger partial charge is 0.385 e. The molecule has 1 aliphatic heterocycles. The molecule has 4 rings (SSSR count). The fourth-order valence-electron chi connectivity index (χ4n) is 3.25. The summed E-state index contributed by atoms with van der Waals surface area (Å²) in [6.07, 6.45) is 2.86. The van der Waals surface area contributed by atoms with Crippen LogP contribution in [-0.2, 0) is 11.3 Å². The predicted octanol–water partition coefficient (Wildman–Crippen LogP) is 2.32. The van der Waals surface area contributed by atoms with Gasteiger partial charge in [0.05, 0.1) is 26.3 Å². The van der Waals surface area contributed by atoms with Crippen molar-refractivity contribution in [1.29, 1.82) is 0 Å². The SMILES string of the molecule is CC(O)c1nccn1Cc1cc(-c2ccc(C#CCN3CCOCC3)cc2)on1. The van der Waals surface area contributed by atoms with Crippen LogP contribution in [0, 0.1) is 11.8 Å². The van der Waals surface area contributed by atoms with Crippen LogP contribution in [0.1, 0.15) is 30.1 Å². The number of morpholine rings is 1. The van der Waals surface area contributed by atoms with E-state index < -0.39 is 6.10 Å². The van der Waals surface area contributed by atoms with E-state index in [0.29, 0.717) is 18.1 Å². The number of aliphatic hydroxyl groups excluding tert-OH is 1. The molecule has 2 aromatic heterocycles. The third-order valence-electron chi connectivity index (χ3n) is 4.82. The van der Waals surface area contributed by atoms with Crippen molar-refractivity contribution in [1.82, 2.24) is 19.6 Å². The first-order chi connectivity index (χ1) is 14.2. The van der Waals surface area contributed by atoms with Gasteiger partial charge in [-0.15, -0.1) is 0 Å². The molecular formula is C22H24N4O3. The van der Waals surface area contributed by atoms with E-state index in [2.05, 4.69) is 26.9 Å². The number of ether oxygens (including phenoxy) is 1. The molecule has 1 N–H and O–H groups in total. The molecule has 7 nitrogen and oxygen atoms in total. The zero-order valence-corrected chi connectivity index (χ0v) is 16.4. The van der Waals surface area contributed by atoms with Crippen molar-refractivity contribution in [3.8, 4) is 23.2 Å². The van der Waals surface area contributed by atoms with Gasteiger partial charge in [0.25, 0.3) is 0 Å². The number of benzene rings is 1. The zero-order chi connectivity index (χ0) is 20.1. The van der Waals surface area contributed by atoms with Crippen LogP contribution in [0.3, 0.4) is 0 Å². The van der Waals surface area contributed by atoms with Gasteiger partial charge in [0.1, 0.15) is 17.6 Å². The summed E-state index contributed by atoms with van der Waals surface area (Å²) in [7, 11) is 0. The molecule has 7 heteroatoms. The Morgan fingerprint density at radius 1 is 1.21 bits per heavy atom. The van der Waals surface area contributed by atoms with Crippen LogP contribution in [0.4, 0.5) is 0 Å². The second-order valence-electron chi connectivity index (χ2n) is 7.04. The van der Waals surface area contributed by atoms with Gasteiger partial charge in [-0.05, 0) is 31.2 Å². The fourth-order valence-corrected chi connectivity index (χ4v) is 3.25. The molecule has 0 aliphatic carbocycles. The summed E-state index contributed by atoms with van der Waals surface area (Å²) in [5, 5.41) is 13.9. The molecule has 1 atom stereocenters. The Morgan fingerprint density at radius 2 is 2.00 bits per heavy atom. The average Bonchev–Trinajstić information content (AvgIpc) is 3.39. The Hall–Kier alpha value is -2.92. The number of aromatic nitrogens is 3. The summed E-state index contributed by atoms with van der Waals surface area (Å²) in [6.45, 7) is 6.42. The van der Waals surface area contributed by atoms with Crippen molar-refractivity contribution in [3.63, 3.8) is 0 Å². The second kappa shape index (κ2) is 9.05. The monoisotopic (exact) mass is 392 g/mol. The highest BCUT2D eigenvalue weighted by atomic mass is 16.5. The van der Waals surface area contributed by atoms with Crippen LogP contribution in [0.25, 0.3) is 11.3 Å². The third kappa shape index (κ3) is 4.93. The van der Waals surface area contributed by atoms with Crippen LogP contribution in [0.5, 0.6) is 0 Å². The van der Waals surface area contributed by atoms with Gasteiger partial charge in [-0.1, -0.05) is 17.0 Å². The molecule has 1 saturated heterocycles. The van der Waals surface area contributed by atoms with E-state index in [0.717, 1.165) is 49.7 Å². The van der Waals surface area contributed by atoms with Crippen molar-refractivity contribution >= 4 is 0 Å². The molecule has 1 aromatic carbocycles. The quantitative estimate of drug-likeness (QED) is 0.672. The molecule has 1 aliphatic rings. The molecule has 1 unspecified atom stereocenters. The summed E-state index contributed by atoms with van der Waals surface area (Å²) >= 11 is 0. The highest BCUT2D eigenvalue weighted by Gasteiger charge is 2.12. The first kappa shape index (κ1) is 19.4. The van der Waals surface area contributed by atoms with Crippen LogP contribution >= 0.6 is 0 Å². The van der Waals surface area contributed by atoms with Crippen molar-refractivity contribution in [2.75, 3.05) is 32.8 Å². The predicted molar refractivity (Wildman–Crippen MR) is 108 cm³/mol. The molecule has 0 saturated carbocycles. The van der Waals surface area contributed by atoms with Crippen LogP contribution in [0.15, 0.2) is 47.2 Å². The number of rotatable bonds is 5. The Labute approximate surface area is 169 Å². The van der Waals surface area contributed by atoms with E-state index in [1.165, 1.54) is 0 Å². The van der Waals surface area contributed by atoms with E-state index in [4.69, 9.17) is 9.26 Å². The Balaban J connectivity index is 1.39. The van der Waals surface area contributed by atoms with Gasteiger partial charge >= 0.3 is 0 Å². The minimum Gasteiger partial charge on any atom is -0.385 e. The lowest BCUT2D eigenvalue weighted by atomic mass is 10.1. The van der Waals surface area contributed by atoms with Crippen LogP contribution in [0.2, 0.25) is 0 Å². The Bertz CT molecular complexity index is 989. The standard InChI is InChI=1S/C22H24N4O3/c1-17(27)22-23-8-10-26(22)16-20-15-21(29-24-20)19-6-4-18(5-7-19)3-2-9-25-11-13-28-14-12-25/h4-8,10,15,17,27H,9,11-14,16H2,1H3. The highest BCUT2D eigenvalue weighted by Crippen LogP contribution is 2.22. The smallest absolute Gasteiger partial charge is 0.167 e. The maximum atomic E-state index is 9.77. The molecule has 29 heavy (non-hydrogen) atoms. The maximum absolute atomic E-state index is 9.77. The lowest BCUT2D eigenvalue weighted by molar-refractivity contribution is 0.0443. The minimum atomic E-state index is -0.631. The Kier molecular flexibility index (Phi) is 6.06. The summed E-state index contributed by atoms with van der Waals surface area (Å²) in [5.41, 5.74) is 2.69. The zero-order valence-electron chi connectivity index (χ0n) is 16.4. The average molecular weight is 392 g/mol. The van der Waals surface area contributed by atoms with Gasteiger partial charge in [0.2, 0.25) is 0 Å². The van der Waals surface area contributed by atoms with E-state index in [1.807, 2.05) is 41.1 Å². The van der Waals surface area contributed by atoms with Gasteiger partial charge in [-0.25, -0.2) is 4.98 Å². The number of hydrogen-bond donors (Lipinski definition) is 1. The normalized spacial score (nSPS) is 15.7. The van der Waals surface area contributed by atoms with Crippen molar-refractivity contribution in [2.24, 2.45) is 0 Å². The third-order valence-corrected chi connectivity index (χ3v) is 4.82. The van der Waals surface area contributed by atoms with E-state index >= 15 is 0 Å². The first-order valence-electron chi connectivity index (χ1n) is 9.73. The lowest BCUT2D eigenvalue weighted by Gasteiger charge is -2.24. The summed E-state index contributed by atoms with van der Waals surface area (Å²) in [6, 6.07) is 9.87. The molecule has 0 amide bonds. The molecule has 0 radical (unpaired) electrons. The summed E-state index contributed by atoms with van der Waals surface area (Å²) in [4.78, 5) is 6.47. The molecule has 0 bridgehead atoms. The Morgan fingerprint density at radius 3 is 2.76 bits per heavy atom. The molecule has 3 aromatic rings. The van der Waals surface area contributed by atoms with E-state index in [-0.39, 0.29) is 0 Å². The molecule has 3 heterocycles. The number of nitrogens with zero attached hydrogens (tertiary/aromatic N) is 4. The van der Waals surface area contributed by atoms with E-state index in [9.17, 15) is 5.11 Å². The number of imidazole rings is 1. The minimum absolute atomic E-state index is 0.495. The number of aliphatic hydroxyl groups is 1. The van der Waals surface area contributed by atoms with Gasteiger partial charge in [-0.3, -0.25) is 4.90 Å². The molecular weight excluding hydrogens is 368 g/mol. The summed E-state index contributed by atoms with van der Waals surface area (Å²) < 4.78 is 12.7. The van der Waals surface area contributed by atoms with Crippen LogP contribution in [-0.4, -0.2) is 57.6 Å². The van der Waals surface area contributed by atoms with Gasteiger partial charge in [0.15, 0.2) is 5.76 Å². The van der Waals surface area contributed by atoms with Crippen molar-refractivity contribution < 1.29 is 14.4 Å². The summed E-state index contributed by atoms with van der Waals surface area (Å²) in [5.74, 6) is 7.75. The highest BCUT2D eigenvalue weighted by molar-refractivity contribution is 5.59. The van der Waals surface area contributed by atoms with E-state index in [1.54, 1.807) is 13.1 Å². The molecule has 1 fully saturated rings. The maximum Gasteiger partial charge on any atom is 0.167 e. The van der Waals surface area contributed by atoms with Gasteiger partial charge in [-0.2, -0.15) is 0 Å². The molecule has 0 spiro atoms. The van der Waals surface area contributed by atoms with Gasteiger partial charge < -0.3 is 18.9 Å².